The Bertz CT molecular complexity index is 633. The fraction of sp³-hybridized carbons (Fsp3) is 0. The van der Waals surface area contributed by atoms with Crippen LogP contribution in [0.2, 0.25) is 5.15 Å². The lowest BCUT2D eigenvalue weighted by molar-refractivity contribution is 0.342. The van der Waals surface area contributed by atoms with Crippen LogP contribution in [0.3, 0.4) is 0 Å². The third-order valence-corrected chi connectivity index (χ3v) is 2.48. The number of hydrogen-bond donors (Lipinski definition) is 0. The number of para-hydroxylation sites is 2. The normalized spacial score (nSPS) is 10.6. The number of benzene rings is 1. The van der Waals surface area contributed by atoms with Gasteiger partial charge in [-0.2, -0.15) is 4.98 Å². The minimum Gasteiger partial charge on any atom is -0.409 e. The number of fused-ring (bicyclic) bond motifs is 1. The van der Waals surface area contributed by atoms with Gasteiger partial charge in [-0.3, -0.25) is 0 Å². The molecule has 3 rings (SSSR count). The van der Waals surface area contributed by atoms with Crippen molar-refractivity contribution in [3.8, 4) is 11.8 Å². The highest BCUT2D eigenvalue weighted by atomic mass is 35.5. The van der Waals surface area contributed by atoms with Gasteiger partial charge in [-0.15, -0.1) is 0 Å². The van der Waals surface area contributed by atoms with Gasteiger partial charge >= 0.3 is 6.08 Å². The summed E-state index contributed by atoms with van der Waals surface area (Å²) >= 11 is 5.87. The summed E-state index contributed by atoms with van der Waals surface area (Å²) in [6, 6.07) is 10.8. The zero-order valence-corrected chi connectivity index (χ0v) is 9.39. The number of rotatable bonds is 2. The highest BCUT2D eigenvalue weighted by molar-refractivity contribution is 6.30. The van der Waals surface area contributed by atoms with E-state index in [0.717, 1.165) is 5.52 Å². The monoisotopic (exact) mass is 246 g/mol. The zero-order chi connectivity index (χ0) is 11.7. The first-order valence-corrected chi connectivity index (χ1v) is 5.35. The largest absolute Gasteiger partial charge is 0.409 e. The van der Waals surface area contributed by atoms with Crippen LogP contribution < -0.4 is 4.74 Å². The standard InChI is InChI=1S/C12H7ClN2O2/c13-11-10(6-3-7-14-11)17-12-15-8-4-1-2-5-9(8)16-12/h1-7H. The molecule has 0 fully saturated rings. The summed E-state index contributed by atoms with van der Waals surface area (Å²) in [6.45, 7) is 0. The molecule has 0 aliphatic carbocycles. The molecule has 2 heterocycles. The SMILES string of the molecule is Clc1ncccc1Oc1nc2ccccc2o1. The summed E-state index contributed by atoms with van der Waals surface area (Å²) in [7, 11) is 0. The topological polar surface area (TPSA) is 48.2 Å². The second-order valence-corrected chi connectivity index (χ2v) is 3.70. The minimum atomic E-state index is 0.154. The number of oxazole rings is 1. The highest BCUT2D eigenvalue weighted by Gasteiger charge is 2.09. The molecule has 0 N–H and O–H groups in total. The molecule has 2 aromatic heterocycles. The van der Waals surface area contributed by atoms with E-state index in [0.29, 0.717) is 11.3 Å². The first-order valence-electron chi connectivity index (χ1n) is 4.97. The number of pyridine rings is 1. The van der Waals surface area contributed by atoms with Gasteiger partial charge in [0.05, 0.1) is 0 Å². The molecule has 0 atom stereocenters. The molecule has 0 spiro atoms. The van der Waals surface area contributed by atoms with Crippen molar-refractivity contribution in [2.24, 2.45) is 0 Å². The first kappa shape index (κ1) is 10.1. The van der Waals surface area contributed by atoms with Crippen LogP contribution in [0.4, 0.5) is 0 Å². The fourth-order valence-electron chi connectivity index (χ4n) is 1.44. The molecule has 4 nitrogen and oxygen atoms in total. The van der Waals surface area contributed by atoms with Crippen LogP contribution in [-0.2, 0) is 0 Å². The van der Waals surface area contributed by atoms with Crippen molar-refractivity contribution in [3.05, 3.63) is 47.7 Å². The average Bonchev–Trinajstić information content (AvgIpc) is 2.74. The van der Waals surface area contributed by atoms with Crippen molar-refractivity contribution < 1.29 is 9.15 Å². The van der Waals surface area contributed by atoms with Crippen LogP contribution in [0.15, 0.2) is 47.0 Å². The summed E-state index contributed by atoms with van der Waals surface area (Å²) in [4.78, 5) is 8.07. The first-order chi connectivity index (χ1) is 8.33. The van der Waals surface area contributed by atoms with Crippen LogP contribution in [-0.4, -0.2) is 9.97 Å². The predicted molar refractivity (Wildman–Crippen MR) is 63.3 cm³/mol. The number of hydrogen-bond acceptors (Lipinski definition) is 4. The van der Waals surface area contributed by atoms with Crippen molar-refractivity contribution in [2.75, 3.05) is 0 Å². The van der Waals surface area contributed by atoms with Gasteiger partial charge in [-0.25, -0.2) is 4.98 Å². The Hall–Kier alpha value is -2.07. The van der Waals surface area contributed by atoms with Gasteiger partial charge in [0.2, 0.25) is 0 Å². The van der Waals surface area contributed by atoms with E-state index in [1.807, 2.05) is 24.3 Å². The Labute approximate surface area is 102 Å². The Morgan fingerprint density at radius 1 is 1.12 bits per heavy atom. The van der Waals surface area contributed by atoms with E-state index in [2.05, 4.69) is 9.97 Å². The number of aromatic nitrogens is 2. The molecule has 0 saturated heterocycles. The summed E-state index contributed by atoms with van der Waals surface area (Å²) in [5.41, 5.74) is 1.41. The van der Waals surface area contributed by atoms with Crippen molar-refractivity contribution in [1.82, 2.24) is 9.97 Å². The Morgan fingerprint density at radius 3 is 2.82 bits per heavy atom. The third kappa shape index (κ3) is 1.94. The predicted octanol–water partition coefficient (Wildman–Crippen LogP) is 3.67. The quantitative estimate of drug-likeness (QED) is 0.648. The van der Waals surface area contributed by atoms with Gasteiger partial charge in [-0.1, -0.05) is 23.7 Å². The van der Waals surface area contributed by atoms with Crippen molar-refractivity contribution in [3.63, 3.8) is 0 Å². The van der Waals surface area contributed by atoms with Crippen LogP contribution in [0, 0.1) is 0 Å². The third-order valence-electron chi connectivity index (χ3n) is 2.20. The molecule has 0 saturated carbocycles. The molecular weight excluding hydrogens is 240 g/mol. The average molecular weight is 247 g/mol. The van der Waals surface area contributed by atoms with Gasteiger partial charge in [0.1, 0.15) is 5.52 Å². The van der Waals surface area contributed by atoms with Gasteiger partial charge in [0, 0.05) is 6.20 Å². The molecule has 1 aromatic carbocycles. The maximum absolute atomic E-state index is 5.87. The van der Waals surface area contributed by atoms with E-state index in [4.69, 9.17) is 20.8 Å². The second kappa shape index (κ2) is 4.07. The summed E-state index contributed by atoms with van der Waals surface area (Å²) in [5, 5.41) is 0.273. The van der Waals surface area contributed by atoms with Crippen LogP contribution in [0.25, 0.3) is 11.1 Å². The molecule has 17 heavy (non-hydrogen) atoms. The minimum absolute atomic E-state index is 0.154. The molecule has 3 aromatic rings. The lowest BCUT2D eigenvalue weighted by Crippen LogP contribution is -1.86. The molecule has 0 bridgehead atoms. The van der Waals surface area contributed by atoms with E-state index in [9.17, 15) is 0 Å². The zero-order valence-electron chi connectivity index (χ0n) is 8.63. The van der Waals surface area contributed by atoms with Gasteiger partial charge in [0.25, 0.3) is 0 Å². The maximum Gasteiger partial charge on any atom is 0.400 e. The molecule has 0 unspecified atom stereocenters. The van der Waals surface area contributed by atoms with E-state index in [1.54, 1.807) is 18.3 Å². The van der Waals surface area contributed by atoms with Crippen LogP contribution in [0.5, 0.6) is 11.8 Å². The molecule has 0 aliphatic heterocycles. The van der Waals surface area contributed by atoms with E-state index in [1.165, 1.54) is 0 Å². The van der Waals surface area contributed by atoms with Gasteiger partial charge in [0.15, 0.2) is 16.5 Å². The molecule has 5 heteroatoms. The van der Waals surface area contributed by atoms with E-state index < -0.39 is 0 Å². The number of ether oxygens (including phenoxy) is 1. The van der Waals surface area contributed by atoms with E-state index in [-0.39, 0.29) is 11.2 Å². The van der Waals surface area contributed by atoms with Crippen molar-refractivity contribution in [2.45, 2.75) is 0 Å². The fourth-order valence-corrected chi connectivity index (χ4v) is 1.59. The maximum atomic E-state index is 5.87. The van der Waals surface area contributed by atoms with Crippen LogP contribution in [0.1, 0.15) is 0 Å². The summed E-state index contributed by atoms with van der Waals surface area (Å²) in [6.07, 6.45) is 1.74. The second-order valence-electron chi connectivity index (χ2n) is 3.34. The number of nitrogens with zero attached hydrogens (tertiary/aromatic N) is 2. The summed E-state index contributed by atoms with van der Waals surface area (Å²) < 4.78 is 10.8. The van der Waals surface area contributed by atoms with Crippen molar-refractivity contribution in [1.29, 1.82) is 0 Å². The molecule has 84 valence electrons. The van der Waals surface area contributed by atoms with Gasteiger partial charge < -0.3 is 9.15 Å². The molecule has 0 aliphatic rings. The molecule has 0 amide bonds. The number of halogens is 1. The highest BCUT2D eigenvalue weighted by Crippen LogP contribution is 2.28. The van der Waals surface area contributed by atoms with Crippen molar-refractivity contribution >= 4 is 22.7 Å². The van der Waals surface area contributed by atoms with E-state index >= 15 is 0 Å². The lowest BCUT2D eigenvalue weighted by Gasteiger charge is -2.00. The van der Waals surface area contributed by atoms with Gasteiger partial charge in [-0.05, 0) is 24.3 Å². The molecule has 0 radical (unpaired) electrons. The summed E-state index contributed by atoms with van der Waals surface area (Å²) in [5.74, 6) is 0.417. The Morgan fingerprint density at radius 2 is 2.00 bits per heavy atom. The smallest absolute Gasteiger partial charge is 0.400 e. The lowest BCUT2D eigenvalue weighted by atomic mass is 10.3. The molecular formula is C12H7ClN2O2. The Kier molecular flexibility index (Phi) is 2.42. The van der Waals surface area contributed by atoms with Crippen LogP contribution >= 0.6 is 11.6 Å². The Balaban J connectivity index is 1.98.